The van der Waals surface area contributed by atoms with Gasteiger partial charge in [-0.05, 0) is 95.9 Å². The van der Waals surface area contributed by atoms with Crippen LogP contribution in [0.25, 0.3) is 0 Å². The van der Waals surface area contributed by atoms with Crippen LogP contribution < -0.4 is 0 Å². The minimum atomic E-state index is -8.04. The fraction of sp³-hybridized carbons (Fsp3) is 0.851. The number of fused-ring (bicyclic) bond motifs is 2. The molecule has 4 heterocycles. The van der Waals surface area contributed by atoms with Gasteiger partial charge in [-0.1, -0.05) is 115 Å². The van der Waals surface area contributed by atoms with Gasteiger partial charge in [0, 0.05) is 69.7 Å². The molecule has 2 saturated heterocycles. The van der Waals surface area contributed by atoms with Gasteiger partial charge in [-0.15, -0.1) is 0 Å². The Balaban J connectivity index is -0.000000523. The number of guanidine groups is 2. The first-order valence-corrected chi connectivity index (χ1v) is 45.9. The molecule has 2 aliphatic carbocycles. The standard InChI is InChI=1S/C23H47N3OSi2.C23H43N3OSi2.CH3.5ClH.2Cr.4FH.4H2/c2*1-18(2)29(19(3)4,20(5)6)27-21-11-12-22(17-21)28(7,8)26-16-10-15-25-14-9-13-24-23(25)26;;;;;;;;;;;;;;;;/h18-22H,9-17H2,1-8H3;11-12,17-20,22H,9-10,13-16H2,1-8H3;1H3;5*1H;;;8*1H/q;;-1;;;;;;+3;+6;;;;;;;;/p-8/i;;;;;;;;;;;;;;4*1+2. The van der Waals surface area contributed by atoms with E-state index in [-0.39, 0.29) is 31.2 Å². The van der Waals surface area contributed by atoms with Crippen LogP contribution in [0.4, 0.5) is 15.3 Å². The molecule has 6 rings (SSSR count). The van der Waals surface area contributed by atoms with E-state index in [0.29, 0.717) is 44.9 Å². The summed E-state index contributed by atoms with van der Waals surface area (Å²) in [4.78, 5) is 15.0. The van der Waals surface area contributed by atoms with Crippen LogP contribution in [-0.2, 0) is 31.8 Å². The molecule has 70 heavy (non-hydrogen) atoms. The van der Waals surface area contributed by atoms with Crippen molar-refractivity contribution in [2.75, 3.05) is 52.4 Å². The van der Waals surface area contributed by atoms with E-state index >= 15 is 0 Å². The van der Waals surface area contributed by atoms with Gasteiger partial charge in [0.2, 0.25) is 8.32 Å². The number of hydrogen-bond donors (Lipinski definition) is 0. The average Bonchev–Trinajstić information content (AvgIpc) is 3.91. The van der Waals surface area contributed by atoms with Gasteiger partial charge < -0.3 is 35.2 Å². The zero-order chi connectivity index (χ0) is 51.9. The Morgan fingerprint density at radius 3 is 1.40 bits per heavy atom. The van der Waals surface area contributed by atoms with Crippen LogP contribution in [0.3, 0.4) is 0 Å². The summed E-state index contributed by atoms with van der Waals surface area (Å²) < 4.78 is 53.2. The topological polar surface area (TPSA) is 56.1 Å². The van der Waals surface area contributed by atoms with Gasteiger partial charge in [-0.25, -0.2) is 0 Å². The first kappa shape index (κ1) is 68.9. The van der Waals surface area contributed by atoms with Crippen molar-refractivity contribution >= 4 is 95.3 Å². The Morgan fingerprint density at radius 2 is 1.01 bits per heavy atom. The van der Waals surface area contributed by atoms with Crippen LogP contribution in [0.2, 0.25) is 70.5 Å². The first-order chi connectivity index (χ1) is 31.1. The molecule has 0 radical (unpaired) electrons. The third-order valence-corrected chi connectivity index (χ3v) is 36.1. The summed E-state index contributed by atoms with van der Waals surface area (Å²) in [6, 6.07) is 0. The molecule has 1 saturated carbocycles. The summed E-state index contributed by atoms with van der Waals surface area (Å²) in [5, 5.41) is 0. The Hall–Kier alpha value is 0.882. The fourth-order valence-electron chi connectivity index (χ4n) is 12.7. The predicted molar refractivity (Wildman–Crippen MR) is 311 cm³/mol. The molecule has 0 N–H and O–H groups in total. The second kappa shape index (κ2) is 27.0. The summed E-state index contributed by atoms with van der Waals surface area (Å²) in [5.74, 6) is 3.77. The predicted octanol–water partition coefficient (Wildman–Crippen LogP) is 18.3. The van der Waals surface area contributed by atoms with Crippen LogP contribution in [0.15, 0.2) is 34.0 Å². The molecule has 0 bridgehead atoms. The molecule has 0 spiro atoms. The Morgan fingerprint density at radius 1 is 0.643 bits per heavy atom. The number of nitrogens with zero attached hydrogens (tertiary/aromatic N) is 6. The molecule has 0 aromatic rings. The zero-order valence-electron chi connectivity index (χ0n) is 45.8. The van der Waals surface area contributed by atoms with Crippen molar-refractivity contribution in [1.82, 2.24) is 18.9 Å². The number of allylic oxidation sites excluding steroid dienone is 3. The molecule has 3 unspecified atom stereocenters. The molecule has 23 heteroatoms. The normalized spacial score (nSPS) is 23.1. The number of hydrogen-bond acceptors (Lipinski definition) is 8. The first-order valence-electron chi connectivity index (χ1n) is 25.3. The summed E-state index contributed by atoms with van der Waals surface area (Å²) in [6.45, 7) is 48.1. The molecular formula is C47H102Cl5Cr2F4N6O2Si4. The second-order valence-electron chi connectivity index (χ2n) is 22.7. The summed E-state index contributed by atoms with van der Waals surface area (Å²) >= 11 is -0.181. The van der Waals surface area contributed by atoms with E-state index in [2.05, 4.69) is 177 Å². The number of halogens is 9. The Kier molecular flexibility index (Phi) is 26.5. The SMILES string of the molecule is CC(C)[Si](OC1=CC([Si](C)(C)N2CCCN3CCCN=C32)C=C1)(C(C)C)C(C)C.CC(C)[Si](OC1CCC([Si](C)(C)N2CCCN3CCCN=C32)C1)(C(C)C)C(C)C.F.[3HH].[3HH].[3HH].[3HH].[CH3-].[Cl][Cr+][Cl].[F][Cr]([F])([F])([Cl])([Cl])[Cl]. The van der Waals surface area contributed by atoms with Gasteiger partial charge >= 0.3 is 83.7 Å². The Labute approximate surface area is 461 Å². The van der Waals surface area contributed by atoms with Crippen LogP contribution >= 0.6 is 50.2 Å². The van der Waals surface area contributed by atoms with Gasteiger partial charge in [-0.2, -0.15) is 0 Å². The van der Waals surface area contributed by atoms with E-state index in [0.717, 1.165) is 30.9 Å². The molecule has 423 valence electrons. The van der Waals surface area contributed by atoms with Gasteiger partial charge in [0.1, 0.15) is 0 Å². The second-order valence-corrected chi connectivity index (χ2v) is 57.6. The fourth-order valence-corrected chi connectivity index (χ4v) is 30.1. The van der Waals surface area contributed by atoms with E-state index in [1.807, 2.05) is 0 Å². The van der Waals surface area contributed by atoms with Crippen molar-refractivity contribution in [3.8, 4) is 0 Å². The van der Waals surface area contributed by atoms with E-state index in [1.54, 1.807) is 0 Å². The van der Waals surface area contributed by atoms with Crippen molar-refractivity contribution in [3.05, 3.63) is 31.4 Å². The monoisotopic (exact) mass is 1260 g/mol. The maximum absolute atomic E-state index is 11.2. The number of aliphatic imine (C=N–C) groups is 2. The van der Waals surface area contributed by atoms with Gasteiger partial charge in [0.05, 0.1) is 5.76 Å². The van der Waals surface area contributed by atoms with E-state index in [1.165, 1.54) is 89.6 Å². The van der Waals surface area contributed by atoms with E-state index in [4.69, 9.17) is 38.9 Å². The summed E-state index contributed by atoms with van der Waals surface area (Å²) in [6.07, 6.45) is 16.5. The van der Waals surface area contributed by atoms with Gasteiger partial charge in [-0.3, -0.25) is 14.7 Å². The summed E-state index contributed by atoms with van der Waals surface area (Å²) in [5.41, 5.74) is 5.17. The molecule has 0 aromatic heterocycles. The Bertz CT molecular complexity index is 1740. The van der Waals surface area contributed by atoms with Crippen molar-refractivity contribution < 1.29 is 52.8 Å². The zero-order valence-corrected chi connectivity index (χ0v) is 56.1. The molecule has 6 aliphatic rings. The van der Waals surface area contributed by atoms with Crippen molar-refractivity contribution in [2.45, 2.75) is 205 Å². The molecule has 3 atom stereocenters. The minimum absolute atomic E-state index is 0. The molecule has 0 amide bonds. The van der Waals surface area contributed by atoms with Crippen LogP contribution in [0, 0.1) is 7.43 Å². The summed E-state index contributed by atoms with van der Waals surface area (Å²) in [7, 11) is 5.83. The molecule has 8 nitrogen and oxygen atoms in total. The average molecular weight is 1260 g/mol. The van der Waals surface area contributed by atoms with Gasteiger partial charge in [0.25, 0.3) is 8.32 Å². The van der Waals surface area contributed by atoms with Crippen molar-refractivity contribution in [2.24, 2.45) is 9.98 Å². The quantitative estimate of drug-likeness (QED) is 0.0981. The van der Waals surface area contributed by atoms with Crippen molar-refractivity contribution in [1.29, 1.82) is 0 Å². The van der Waals surface area contributed by atoms with E-state index in [9.17, 15) is 10.6 Å². The van der Waals surface area contributed by atoms with Crippen LogP contribution in [0.1, 0.15) is 134 Å². The van der Waals surface area contributed by atoms with Crippen molar-refractivity contribution in [3.63, 3.8) is 0 Å². The number of rotatable bonds is 14. The third-order valence-electron chi connectivity index (χ3n) is 15.8. The molecule has 4 aliphatic heterocycles. The van der Waals surface area contributed by atoms with Crippen LogP contribution in [-0.4, -0.2) is 122 Å². The molecule has 3 fully saturated rings. The molecule has 0 aromatic carbocycles. The molecular weight excluding hydrogens is 1150 g/mol. The van der Waals surface area contributed by atoms with Crippen LogP contribution in [0.5, 0.6) is 0 Å². The van der Waals surface area contributed by atoms with Gasteiger partial charge in [0.15, 0.2) is 28.4 Å². The van der Waals surface area contributed by atoms with E-state index < -0.39 is 42.7 Å². The third kappa shape index (κ3) is 18.5. The maximum atomic E-state index is 11.2.